The minimum Gasteiger partial charge on any atom is -0.497 e. The number of amides is 1. The zero-order chi connectivity index (χ0) is 16.9. The largest absolute Gasteiger partial charge is 0.497 e. The maximum Gasteiger partial charge on any atom is 0.251 e. The normalized spacial score (nSPS) is 10.5. The second-order valence-corrected chi connectivity index (χ2v) is 5.12. The van der Waals surface area contributed by atoms with E-state index in [1.165, 1.54) is 12.8 Å². The van der Waals surface area contributed by atoms with Crippen molar-refractivity contribution in [2.75, 3.05) is 33.8 Å². The Hall–Kier alpha value is -1.51. The average molecular weight is 448 g/mol. The summed E-state index contributed by atoms with van der Waals surface area (Å²) in [6.45, 7) is 4.24. The molecule has 1 rings (SSSR count). The molecule has 0 fully saturated rings. The van der Waals surface area contributed by atoms with Crippen LogP contribution in [-0.4, -0.2) is 45.7 Å². The molecule has 3 N–H and O–H groups in total. The first-order chi connectivity index (χ1) is 11.2. The molecule has 0 heterocycles. The summed E-state index contributed by atoms with van der Waals surface area (Å²) in [4.78, 5) is 16.1. The summed E-state index contributed by atoms with van der Waals surface area (Å²) in [6.07, 6.45) is 3.54. The van der Waals surface area contributed by atoms with E-state index in [1.54, 1.807) is 38.4 Å². The van der Waals surface area contributed by atoms with Gasteiger partial charge in [0.05, 0.1) is 7.11 Å². The van der Waals surface area contributed by atoms with E-state index >= 15 is 0 Å². The predicted molar refractivity (Wildman–Crippen MR) is 110 cm³/mol. The van der Waals surface area contributed by atoms with Crippen LogP contribution in [0.1, 0.15) is 36.5 Å². The third-order valence-electron chi connectivity index (χ3n) is 3.35. The van der Waals surface area contributed by atoms with Crippen molar-refractivity contribution in [2.45, 2.75) is 26.2 Å². The van der Waals surface area contributed by atoms with Crippen molar-refractivity contribution < 1.29 is 9.53 Å². The number of ether oxygens (including phenoxy) is 1. The van der Waals surface area contributed by atoms with Crippen LogP contribution in [0.2, 0.25) is 0 Å². The average Bonchev–Trinajstić information content (AvgIpc) is 2.60. The molecular formula is C17H29IN4O2. The van der Waals surface area contributed by atoms with E-state index in [1.807, 2.05) is 0 Å². The quantitative estimate of drug-likeness (QED) is 0.235. The molecule has 7 heteroatoms. The van der Waals surface area contributed by atoms with Gasteiger partial charge in [-0.25, -0.2) is 0 Å². The Balaban J connectivity index is 0.00000529. The maximum atomic E-state index is 12.0. The van der Waals surface area contributed by atoms with Gasteiger partial charge in [0.1, 0.15) is 5.75 Å². The number of halogens is 1. The fourth-order valence-electron chi connectivity index (χ4n) is 2.00. The van der Waals surface area contributed by atoms with Crippen molar-refractivity contribution in [3.8, 4) is 5.75 Å². The first-order valence-electron chi connectivity index (χ1n) is 8.08. The smallest absolute Gasteiger partial charge is 0.251 e. The molecule has 0 saturated carbocycles. The zero-order valence-corrected chi connectivity index (χ0v) is 17.1. The number of rotatable bonds is 9. The first kappa shape index (κ1) is 22.5. The van der Waals surface area contributed by atoms with E-state index in [9.17, 15) is 4.79 Å². The zero-order valence-electron chi connectivity index (χ0n) is 14.7. The molecule has 0 atom stereocenters. The number of carbonyl (C=O) groups excluding carboxylic acids is 1. The maximum absolute atomic E-state index is 12.0. The van der Waals surface area contributed by atoms with Gasteiger partial charge in [0, 0.05) is 32.2 Å². The van der Waals surface area contributed by atoms with Gasteiger partial charge in [0.15, 0.2) is 5.96 Å². The van der Waals surface area contributed by atoms with Gasteiger partial charge in [-0.1, -0.05) is 19.8 Å². The third kappa shape index (κ3) is 8.95. The van der Waals surface area contributed by atoms with Crippen LogP contribution in [0.25, 0.3) is 0 Å². The molecule has 0 aliphatic carbocycles. The van der Waals surface area contributed by atoms with Crippen molar-refractivity contribution in [3.05, 3.63) is 29.8 Å². The summed E-state index contributed by atoms with van der Waals surface area (Å²) in [7, 11) is 3.34. The summed E-state index contributed by atoms with van der Waals surface area (Å²) in [6, 6.07) is 7.04. The lowest BCUT2D eigenvalue weighted by Crippen LogP contribution is -2.41. The Labute approximate surface area is 161 Å². The number of methoxy groups -OCH3 is 1. The number of nitrogens with one attached hydrogen (secondary N) is 3. The summed E-state index contributed by atoms with van der Waals surface area (Å²) in [5, 5.41) is 9.29. The van der Waals surface area contributed by atoms with Gasteiger partial charge in [-0.05, 0) is 30.7 Å². The van der Waals surface area contributed by atoms with Crippen LogP contribution in [0.15, 0.2) is 29.3 Å². The molecule has 0 saturated heterocycles. The SMILES string of the molecule is CCCCCNC(=NC)NCCNC(=O)c1ccc(OC)cc1.I. The van der Waals surface area contributed by atoms with Crippen molar-refractivity contribution >= 4 is 35.8 Å². The number of carbonyl (C=O) groups is 1. The Kier molecular flexibility index (Phi) is 13.0. The lowest BCUT2D eigenvalue weighted by molar-refractivity contribution is 0.0954. The van der Waals surface area contributed by atoms with E-state index in [0.29, 0.717) is 18.7 Å². The van der Waals surface area contributed by atoms with E-state index in [4.69, 9.17) is 4.74 Å². The van der Waals surface area contributed by atoms with Crippen molar-refractivity contribution in [1.29, 1.82) is 0 Å². The lowest BCUT2D eigenvalue weighted by atomic mass is 10.2. The highest BCUT2D eigenvalue weighted by molar-refractivity contribution is 14.0. The van der Waals surface area contributed by atoms with Crippen LogP contribution in [-0.2, 0) is 0 Å². The number of hydrogen-bond acceptors (Lipinski definition) is 3. The highest BCUT2D eigenvalue weighted by atomic mass is 127. The standard InChI is InChI=1S/C17H28N4O2.HI/c1-4-5-6-11-20-17(18-2)21-13-12-19-16(22)14-7-9-15(23-3)10-8-14;/h7-10H,4-6,11-13H2,1-3H3,(H,19,22)(H2,18,20,21);1H. The summed E-state index contributed by atoms with van der Waals surface area (Å²) >= 11 is 0. The van der Waals surface area contributed by atoms with Gasteiger partial charge in [0.2, 0.25) is 0 Å². The van der Waals surface area contributed by atoms with Gasteiger partial charge < -0.3 is 20.7 Å². The second-order valence-electron chi connectivity index (χ2n) is 5.12. The van der Waals surface area contributed by atoms with Crippen LogP contribution in [0.5, 0.6) is 5.75 Å². The number of hydrogen-bond donors (Lipinski definition) is 3. The predicted octanol–water partition coefficient (Wildman–Crippen LogP) is 2.40. The summed E-state index contributed by atoms with van der Waals surface area (Å²) in [5.74, 6) is 1.40. The van der Waals surface area contributed by atoms with E-state index < -0.39 is 0 Å². The molecule has 6 nitrogen and oxygen atoms in total. The fraction of sp³-hybridized carbons (Fsp3) is 0.529. The van der Waals surface area contributed by atoms with Crippen LogP contribution in [0, 0.1) is 0 Å². The van der Waals surface area contributed by atoms with E-state index in [2.05, 4.69) is 27.9 Å². The van der Waals surface area contributed by atoms with Crippen LogP contribution in [0.3, 0.4) is 0 Å². The first-order valence-corrected chi connectivity index (χ1v) is 8.08. The van der Waals surface area contributed by atoms with E-state index in [-0.39, 0.29) is 29.9 Å². The molecule has 1 aromatic carbocycles. The third-order valence-corrected chi connectivity index (χ3v) is 3.35. The Morgan fingerprint density at radius 2 is 1.67 bits per heavy atom. The van der Waals surface area contributed by atoms with Crippen LogP contribution < -0.4 is 20.7 Å². The van der Waals surface area contributed by atoms with Gasteiger partial charge >= 0.3 is 0 Å². The highest BCUT2D eigenvalue weighted by Crippen LogP contribution is 2.10. The molecule has 0 aliphatic heterocycles. The minimum absolute atomic E-state index is 0. The van der Waals surface area contributed by atoms with Gasteiger partial charge in [-0.2, -0.15) is 0 Å². The molecule has 0 radical (unpaired) electrons. The van der Waals surface area contributed by atoms with Crippen LogP contribution >= 0.6 is 24.0 Å². The monoisotopic (exact) mass is 448 g/mol. The molecule has 0 spiro atoms. The van der Waals surface area contributed by atoms with E-state index in [0.717, 1.165) is 24.7 Å². The fourth-order valence-corrected chi connectivity index (χ4v) is 2.00. The molecule has 1 amide bonds. The Bertz CT molecular complexity index is 492. The van der Waals surface area contributed by atoms with Crippen molar-refractivity contribution in [3.63, 3.8) is 0 Å². The number of guanidine groups is 1. The second kappa shape index (κ2) is 13.9. The van der Waals surface area contributed by atoms with Gasteiger partial charge in [-0.3, -0.25) is 9.79 Å². The number of aliphatic imine (C=N–C) groups is 1. The minimum atomic E-state index is -0.0969. The van der Waals surface area contributed by atoms with Gasteiger partial charge in [-0.15, -0.1) is 24.0 Å². The lowest BCUT2D eigenvalue weighted by Gasteiger charge is -2.12. The molecule has 1 aromatic rings. The molecule has 136 valence electrons. The number of nitrogens with zero attached hydrogens (tertiary/aromatic N) is 1. The molecule has 0 aliphatic rings. The molecule has 0 bridgehead atoms. The summed E-state index contributed by atoms with van der Waals surface area (Å²) < 4.78 is 5.07. The van der Waals surface area contributed by atoms with Crippen molar-refractivity contribution in [1.82, 2.24) is 16.0 Å². The Morgan fingerprint density at radius 1 is 1.04 bits per heavy atom. The molecule has 0 unspecified atom stereocenters. The molecule has 0 aromatic heterocycles. The number of unbranched alkanes of at least 4 members (excludes halogenated alkanes) is 2. The molecular weight excluding hydrogens is 419 g/mol. The van der Waals surface area contributed by atoms with Crippen LogP contribution in [0.4, 0.5) is 0 Å². The van der Waals surface area contributed by atoms with Crippen molar-refractivity contribution in [2.24, 2.45) is 4.99 Å². The molecule has 24 heavy (non-hydrogen) atoms. The van der Waals surface area contributed by atoms with Gasteiger partial charge in [0.25, 0.3) is 5.91 Å². The summed E-state index contributed by atoms with van der Waals surface area (Å²) in [5.41, 5.74) is 0.618. The topological polar surface area (TPSA) is 74.8 Å². The number of benzene rings is 1. The highest BCUT2D eigenvalue weighted by Gasteiger charge is 2.04. The Morgan fingerprint density at radius 3 is 2.25 bits per heavy atom.